The summed E-state index contributed by atoms with van der Waals surface area (Å²) in [7, 11) is 0. The number of rotatable bonds is 11. The van der Waals surface area contributed by atoms with Gasteiger partial charge in [0.1, 0.15) is 22.9 Å². The van der Waals surface area contributed by atoms with E-state index in [2.05, 4.69) is 4.99 Å². The molecule has 1 unspecified atom stereocenters. The lowest BCUT2D eigenvalue weighted by molar-refractivity contribution is 0.0696. The molecule has 0 saturated carbocycles. The number of ketones is 1. The number of carbonyl (C=O) groups excluding carboxylic acids is 1. The van der Waals surface area contributed by atoms with Gasteiger partial charge in [-0.25, -0.2) is 9.18 Å². The van der Waals surface area contributed by atoms with Gasteiger partial charge in [-0.3, -0.25) is 9.79 Å². The lowest BCUT2D eigenvalue weighted by atomic mass is 9.83. The standard InChI is InChI=1S/C31H29ClFNO5/c1-4-14-38-28-11-7-20(25-16-21(30(36)37)6-10-27(25)33)15-22(28)18-31(12-5-13-34-31)29(35)24-9-8-23(17-26(24)32)39-19(2)3/h5-13,15-17,19H,4,14,18H2,1-3H3,(H,36,37). The lowest BCUT2D eigenvalue weighted by Crippen LogP contribution is -2.36. The van der Waals surface area contributed by atoms with E-state index in [9.17, 15) is 19.1 Å². The molecule has 1 aliphatic rings. The first-order valence-corrected chi connectivity index (χ1v) is 13.0. The van der Waals surface area contributed by atoms with Gasteiger partial charge < -0.3 is 14.6 Å². The van der Waals surface area contributed by atoms with Crippen LogP contribution in [0, 0.1) is 5.82 Å². The van der Waals surface area contributed by atoms with Crippen LogP contribution in [0.3, 0.4) is 0 Å². The number of allylic oxidation sites excluding steroid dienone is 1. The van der Waals surface area contributed by atoms with E-state index >= 15 is 0 Å². The Labute approximate surface area is 231 Å². The number of carboxylic acids is 1. The molecule has 0 bridgehead atoms. The van der Waals surface area contributed by atoms with E-state index in [4.69, 9.17) is 21.1 Å². The maximum Gasteiger partial charge on any atom is 0.335 e. The first-order chi connectivity index (χ1) is 18.6. The van der Waals surface area contributed by atoms with Crippen LogP contribution in [0.5, 0.6) is 11.5 Å². The quantitative estimate of drug-likeness (QED) is 0.255. The Hall–Kier alpha value is -3.97. The minimum atomic E-state index is -1.30. The molecule has 0 spiro atoms. The third-order valence-corrected chi connectivity index (χ3v) is 6.53. The molecule has 0 radical (unpaired) electrons. The number of Topliss-reactive ketones (excluding diaryl/α,β-unsaturated/α-hetero) is 1. The molecule has 1 atom stereocenters. The number of benzene rings is 3. The minimum absolute atomic E-state index is 0.0335. The molecule has 0 fully saturated rings. The second kappa shape index (κ2) is 11.8. The Balaban J connectivity index is 1.76. The second-order valence-electron chi connectivity index (χ2n) is 9.55. The van der Waals surface area contributed by atoms with E-state index in [1.807, 2.05) is 20.8 Å². The van der Waals surface area contributed by atoms with Crippen molar-refractivity contribution in [1.29, 1.82) is 0 Å². The number of nitrogens with zero attached hydrogens (tertiary/aromatic N) is 1. The van der Waals surface area contributed by atoms with Crippen molar-refractivity contribution in [1.82, 2.24) is 0 Å². The molecular formula is C31H29ClFNO5. The van der Waals surface area contributed by atoms with E-state index in [1.54, 1.807) is 54.8 Å². The van der Waals surface area contributed by atoms with E-state index < -0.39 is 17.3 Å². The summed E-state index contributed by atoms with van der Waals surface area (Å²) >= 11 is 6.52. The monoisotopic (exact) mass is 549 g/mol. The molecule has 8 heteroatoms. The average molecular weight is 550 g/mol. The molecule has 1 aliphatic heterocycles. The van der Waals surface area contributed by atoms with Crippen molar-refractivity contribution in [3.8, 4) is 22.6 Å². The van der Waals surface area contributed by atoms with Gasteiger partial charge >= 0.3 is 5.97 Å². The highest BCUT2D eigenvalue weighted by Gasteiger charge is 2.39. The molecule has 3 aromatic carbocycles. The molecule has 4 rings (SSSR count). The van der Waals surface area contributed by atoms with E-state index in [0.29, 0.717) is 34.8 Å². The van der Waals surface area contributed by atoms with Gasteiger partial charge in [-0.2, -0.15) is 0 Å². The van der Waals surface area contributed by atoms with Crippen molar-refractivity contribution < 1.29 is 28.6 Å². The Morgan fingerprint density at radius 1 is 1.10 bits per heavy atom. The van der Waals surface area contributed by atoms with Crippen LogP contribution in [-0.4, -0.2) is 41.3 Å². The number of carbonyl (C=O) groups is 2. The van der Waals surface area contributed by atoms with Crippen molar-refractivity contribution in [2.45, 2.75) is 45.3 Å². The van der Waals surface area contributed by atoms with Gasteiger partial charge in [0, 0.05) is 23.8 Å². The summed E-state index contributed by atoms with van der Waals surface area (Å²) < 4.78 is 26.5. The molecule has 1 N–H and O–H groups in total. The van der Waals surface area contributed by atoms with E-state index in [-0.39, 0.29) is 34.5 Å². The van der Waals surface area contributed by atoms with Crippen LogP contribution in [-0.2, 0) is 6.42 Å². The van der Waals surface area contributed by atoms with Crippen LogP contribution in [0.15, 0.2) is 71.7 Å². The Morgan fingerprint density at radius 3 is 2.54 bits per heavy atom. The van der Waals surface area contributed by atoms with Gasteiger partial charge in [0.05, 0.1) is 23.3 Å². The van der Waals surface area contributed by atoms with Crippen LogP contribution < -0.4 is 9.47 Å². The number of ether oxygens (including phenoxy) is 2. The topological polar surface area (TPSA) is 85.2 Å². The van der Waals surface area contributed by atoms with Crippen LogP contribution in [0.2, 0.25) is 5.02 Å². The van der Waals surface area contributed by atoms with Crippen molar-refractivity contribution in [3.05, 3.63) is 94.3 Å². The lowest BCUT2D eigenvalue weighted by Gasteiger charge is -2.25. The molecule has 0 amide bonds. The minimum Gasteiger partial charge on any atom is -0.493 e. The number of halogens is 2. The van der Waals surface area contributed by atoms with Crippen molar-refractivity contribution in [3.63, 3.8) is 0 Å². The maximum absolute atomic E-state index is 14.8. The van der Waals surface area contributed by atoms with Gasteiger partial charge in [0.25, 0.3) is 0 Å². The molecule has 0 saturated heterocycles. The summed E-state index contributed by atoms with van der Waals surface area (Å²) in [5.41, 5.74) is 0.171. The maximum atomic E-state index is 14.8. The summed E-state index contributed by atoms with van der Waals surface area (Å²) in [6.45, 7) is 6.22. The first kappa shape index (κ1) is 28.0. The predicted molar refractivity (Wildman–Crippen MR) is 150 cm³/mol. The first-order valence-electron chi connectivity index (χ1n) is 12.7. The Morgan fingerprint density at radius 2 is 1.90 bits per heavy atom. The third-order valence-electron chi connectivity index (χ3n) is 6.22. The highest BCUT2D eigenvalue weighted by atomic mass is 35.5. The van der Waals surface area contributed by atoms with Crippen LogP contribution in [0.25, 0.3) is 11.1 Å². The van der Waals surface area contributed by atoms with Crippen molar-refractivity contribution in [2.24, 2.45) is 4.99 Å². The van der Waals surface area contributed by atoms with Crippen LogP contribution in [0.4, 0.5) is 4.39 Å². The van der Waals surface area contributed by atoms with Crippen LogP contribution >= 0.6 is 11.6 Å². The summed E-state index contributed by atoms with van der Waals surface area (Å²) in [5, 5.41) is 9.64. The molecule has 0 aromatic heterocycles. The number of hydrogen-bond donors (Lipinski definition) is 1. The predicted octanol–water partition coefficient (Wildman–Crippen LogP) is 7.23. The second-order valence-corrected chi connectivity index (χ2v) is 9.95. The zero-order valence-electron chi connectivity index (χ0n) is 21.9. The molecule has 6 nitrogen and oxygen atoms in total. The molecular weight excluding hydrogens is 521 g/mol. The highest BCUT2D eigenvalue weighted by molar-refractivity contribution is 6.34. The summed E-state index contributed by atoms with van der Waals surface area (Å²) in [4.78, 5) is 30.0. The van der Waals surface area contributed by atoms with Crippen LogP contribution in [0.1, 0.15) is 53.5 Å². The fraction of sp³-hybridized carbons (Fsp3) is 0.258. The zero-order valence-corrected chi connectivity index (χ0v) is 22.7. The molecule has 39 heavy (non-hydrogen) atoms. The number of carboxylic acid groups (broad SMARTS) is 1. The fourth-order valence-electron chi connectivity index (χ4n) is 4.41. The van der Waals surface area contributed by atoms with E-state index in [1.165, 1.54) is 12.1 Å². The number of hydrogen-bond acceptors (Lipinski definition) is 5. The highest BCUT2D eigenvalue weighted by Crippen LogP contribution is 2.37. The van der Waals surface area contributed by atoms with Gasteiger partial charge in [-0.05, 0) is 92.1 Å². The van der Waals surface area contributed by atoms with Gasteiger partial charge in [-0.1, -0.05) is 24.6 Å². The average Bonchev–Trinajstić information content (AvgIpc) is 3.37. The summed E-state index contributed by atoms with van der Waals surface area (Å²) in [5.74, 6) is -0.937. The van der Waals surface area contributed by atoms with Gasteiger partial charge in [0.2, 0.25) is 0 Å². The molecule has 0 aliphatic carbocycles. The molecule has 3 aromatic rings. The smallest absolute Gasteiger partial charge is 0.335 e. The SMILES string of the molecule is CCCOc1ccc(-c2cc(C(=O)O)ccc2F)cc1CC1(C(=O)c2ccc(OC(C)C)cc2Cl)C=CC=N1. The molecule has 202 valence electrons. The summed E-state index contributed by atoms with van der Waals surface area (Å²) in [6.07, 6.45) is 5.81. The Bertz CT molecular complexity index is 1450. The number of aromatic carboxylic acids is 1. The number of aliphatic imine (C=N–C) groups is 1. The normalized spacial score (nSPS) is 16.1. The van der Waals surface area contributed by atoms with E-state index in [0.717, 1.165) is 12.5 Å². The van der Waals surface area contributed by atoms with Gasteiger partial charge in [-0.15, -0.1) is 0 Å². The fourth-order valence-corrected chi connectivity index (χ4v) is 4.66. The van der Waals surface area contributed by atoms with Crippen molar-refractivity contribution in [2.75, 3.05) is 6.61 Å². The third kappa shape index (κ3) is 6.20. The zero-order chi connectivity index (χ0) is 28.2. The van der Waals surface area contributed by atoms with Crippen molar-refractivity contribution >= 4 is 29.6 Å². The summed E-state index contributed by atoms with van der Waals surface area (Å²) in [6, 6.07) is 13.7. The largest absolute Gasteiger partial charge is 0.493 e. The molecule has 1 heterocycles. The van der Waals surface area contributed by atoms with Gasteiger partial charge in [0.15, 0.2) is 5.78 Å². The Kier molecular flexibility index (Phi) is 8.51.